The molecule has 1 heterocycles. The smallest absolute Gasteiger partial charge is 0.162 e. The lowest BCUT2D eigenvalue weighted by Gasteiger charge is -2.09. The van der Waals surface area contributed by atoms with Crippen LogP contribution in [0.5, 0.6) is 0 Å². The Morgan fingerprint density at radius 3 is 2.75 bits per heavy atom. The fraction of sp³-hybridized carbons (Fsp3) is 0.125. The van der Waals surface area contributed by atoms with Gasteiger partial charge in [-0.1, -0.05) is 42.5 Å². The molecule has 0 fully saturated rings. The van der Waals surface area contributed by atoms with Gasteiger partial charge in [0.05, 0.1) is 3.57 Å². The summed E-state index contributed by atoms with van der Waals surface area (Å²) in [6.45, 7) is 2.91. The summed E-state index contributed by atoms with van der Waals surface area (Å²) < 4.78 is 1.04. The molecule has 0 aliphatic heterocycles. The molecule has 1 aromatic heterocycles. The van der Waals surface area contributed by atoms with Crippen LogP contribution < -0.4 is 5.32 Å². The molecule has 3 nitrogen and oxygen atoms in total. The standard InChI is InChI=1S/C16H14IN3/c1-2-18-16-14(17)10-19-15(20-16)13-9-5-7-11-6-3-4-8-12(11)13/h3-10H,2H2,1H3,(H,18,19,20). The van der Waals surface area contributed by atoms with Crippen LogP contribution in [0.2, 0.25) is 0 Å². The maximum Gasteiger partial charge on any atom is 0.162 e. The fourth-order valence-electron chi connectivity index (χ4n) is 2.21. The van der Waals surface area contributed by atoms with Gasteiger partial charge in [-0.05, 0) is 40.3 Å². The highest BCUT2D eigenvalue weighted by molar-refractivity contribution is 14.1. The average Bonchev–Trinajstić information content (AvgIpc) is 2.49. The Balaban J connectivity index is 2.18. The molecule has 0 spiro atoms. The summed E-state index contributed by atoms with van der Waals surface area (Å²) in [6, 6.07) is 14.5. The second-order valence-corrected chi connectivity index (χ2v) is 5.61. The lowest BCUT2D eigenvalue weighted by Crippen LogP contribution is -2.03. The van der Waals surface area contributed by atoms with Crippen LogP contribution in [0.1, 0.15) is 6.92 Å². The first-order chi connectivity index (χ1) is 9.79. The van der Waals surface area contributed by atoms with Crippen LogP contribution in [0.3, 0.4) is 0 Å². The van der Waals surface area contributed by atoms with Crippen LogP contribution in [0.25, 0.3) is 22.2 Å². The molecule has 20 heavy (non-hydrogen) atoms. The van der Waals surface area contributed by atoms with Crippen LogP contribution in [0, 0.1) is 3.57 Å². The van der Waals surface area contributed by atoms with E-state index in [4.69, 9.17) is 0 Å². The maximum atomic E-state index is 4.65. The van der Waals surface area contributed by atoms with E-state index < -0.39 is 0 Å². The van der Waals surface area contributed by atoms with Crippen molar-refractivity contribution < 1.29 is 0 Å². The molecule has 3 rings (SSSR count). The van der Waals surface area contributed by atoms with Crippen LogP contribution in [-0.2, 0) is 0 Å². The number of rotatable bonds is 3. The summed E-state index contributed by atoms with van der Waals surface area (Å²) in [5, 5.41) is 5.66. The topological polar surface area (TPSA) is 37.8 Å². The first-order valence-corrected chi connectivity index (χ1v) is 7.62. The minimum atomic E-state index is 0.762. The molecular formula is C16H14IN3. The quantitative estimate of drug-likeness (QED) is 0.693. The van der Waals surface area contributed by atoms with Crippen molar-refractivity contribution >= 4 is 39.2 Å². The van der Waals surface area contributed by atoms with Gasteiger partial charge < -0.3 is 5.32 Å². The molecule has 3 aromatic rings. The monoisotopic (exact) mass is 375 g/mol. The Bertz CT molecular complexity index is 750. The maximum absolute atomic E-state index is 4.65. The van der Waals surface area contributed by atoms with Gasteiger partial charge in [-0.2, -0.15) is 0 Å². The number of nitrogens with zero attached hydrogens (tertiary/aromatic N) is 2. The molecule has 0 bridgehead atoms. The number of fused-ring (bicyclic) bond motifs is 1. The molecule has 0 aliphatic rings. The van der Waals surface area contributed by atoms with Gasteiger partial charge in [0.25, 0.3) is 0 Å². The van der Waals surface area contributed by atoms with Crippen molar-refractivity contribution in [2.45, 2.75) is 6.92 Å². The zero-order valence-corrected chi connectivity index (χ0v) is 13.3. The molecule has 0 radical (unpaired) electrons. The van der Waals surface area contributed by atoms with E-state index in [0.717, 1.165) is 27.3 Å². The number of benzene rings is 2. The van der Waals surface area contributed by atoms with Crippen LogP contribution >= 0.6 is 22.6 Å². The number of hydrogen-bond acceptors (Lipinski definition) is 3. The summed E-state index contributed by atoms with van der Waals surface area (Å²) in [6.07, 6.45) is 1.86. The van der Waals surface area contributed by atoms with Gasteiger partial charge >= 0.3 is 0 Å². The van der Waals surface area contributed by atoms with E-state index in [1.807, 2.05) is 24.4 Å². The van der Waals surface area contributed by atoms with Crippen molar-refractivity contribution in [3.05, 3.63) is 52.2 Å². The van der Waals surface area contributed by atoms with E-state index in [2.05, 4.69) is 69.1 Å². The minimum absolute atomic E-state index is 0.762. The van der Waals surface area contributed by atoms with E-state index in [1.54, 1.807) is 0 Å². The van der Waals surface area contributed by atoms with E-state index in [1.165, 1.54) is 10.8 Å². The summed E-state index contributed by atoms with van der Waals surface area (Å²) in [4.78, 5) is 9.14. The van der Waals surface area contributed by atoms with Crippen LogP contribution in [-0.4, -0.2) is 16.5 Å². The van der Waals surface area contributed by atoms with E-state index in [9.17, 15) is 0 Å². The number of anilines is 1. The first kappa shape index (κ1) is 13.3. The normalized spacial score (nSPS) is 10.7. The van der Waals surface area contributed by atoms with Gasteiger partial charge in [0.2, 0.25) is 0 Å². The predicted molar refractivity (Wildman–Crippen MR) is 91.9 cm³/mol. The fourth-order valence-corrected chi connectivity index (χ4v) is 2.66. The summed E-state index contributed by atoms with van der Waals surface area (Å²) in [5.41, 5.74) is 1.07. The second-order valence-electron chi connectivity index (χ2n) is 4.45. The van der Waals surface area contributed by atoms with Gasteiger partial charge in [0, 0.05) is 18.3 Å². The first-order valence-electron chi connectivity index (χ1n) is 6.54. The number of aromatic nitrogens is 2. The van der Waals surface area contributed by atoms with E-state index in [-0.39, 0.29) is 0 Å². The Kier molecular flexibility index (Phi) is 3.82. The molecule has 2 aromatic carbocycles. The molecule has 0 saturated carbocycles. The van der Waals surface area contributed by atoms with Crippen molar-refractivity contribution in [2.75, 3.05) is 11.9 Å². The van der Waals surface area contributed by atoms with E-state index >= 15 is 0 Å². The Labute approximate surface area is 131 Å². The third-order valence-corrected chi connectivity index (χ3v) is 3.91. The molecule has 4 heteroatoms. The number of hydrogen-bond donors (Lipinski definition) is 1. The highest BCUT2D eigenvalue weighted by Gasteiger charge is 2.09. The SMILES string of the molecule is CCNc1nc(-c2cccc3ccccc23)ncc1I. The van der Waals surface area contributed by atoms with Gasteiger partial charge in [-0.15, -0.1) is 0 Å². The van der Waals surface area contributed by atoms with Crippen LogP contribution in [0.15, 0.2) is 48.7 Å². The summed E-state index contributed by atoms with van der Waals surface area (Å²) in [7, 11) is 0. The van der Waals surface area contributed by atoms with Crippen molar-refractivity contribution in [1.29, 1.82) is 0 Å². The van der Waals surface area contributed by atoms with Gasteiger partial charge in [0.15, 0.2) is 5.82 Å². The molecule has 100 valence electrons. The number of halogens is 1. The third-order valence-electron chi connectivity index (χ3n) is 3.12. The second kappa shape index (κ2) is 5.75. The third kappa shape index (κ3) is 2.47. The van der Waals surface area contributed by atoms with Crippen molar-refractivity contribution in [3.8, 4) is 11.4 Å². The minimum Gasteiger partial charge on any atom is -0.369 e. The predicted octanol–water partition coefficient (Wildman–Crippen LogP) is 4.33. The molecule has 1 N–H and O–H groups in total. The Morgan fingerprint density at radius 2 is 1.90 bits per heavy atom. The molecule has 0 aliphatic carbocycles. The highest BCUT2D eigenvalue weighted by Crippen LogP contribution is 2.27. The molecule has 0 unspecified atom stereocenters. The molecule has 0 amide bonds. The lowest BCUT2D eigenvalue weighted by atomic mass is 10.0. The Morgan fingerprint density at radius 1 is 1.10 bits per heavy atom. The largest absolute Gasteiger partial charge is 0.369 e. The lowest BCUT2D eigenvalue weighted by molar-refractivity contribution is 1.11. The van der Waals surface area contributed by atoms with Gasteiger partial charge in [-0.3, -0.25) is 0 Å². The summed E-state index contributed by atoms with van der Waals surface area (Å²) >= 11 is 2.25. The van der Waals surface area contributed by atoms with Crippen molar-refractivity contribution in [2.24, 2.45) is 0 Å². The van der Waals surface area contributed by atoms with E-state index in [0.29, 0.717) is 0 Å². The molecular weight excluding hydrogens is 361 g/mol. The average molecular weight is 375 g/mol. The van der Waals surface area contributed by atoms with Crippen LogP contribution in [0.4, 0.5) is 5.82 Å². The molecule has 0 atom stereocenters. The number of nitrogens with one attached hydrogen (secondary N) is 1. The van der Waals surface area contributed by atoms with Crippen molar-refractivity contribution in [3.63, 3.8) is 0 Å². The highest BCUT2D eigenvalue weighted by atomic mass is 127. The summed E-state index contributed by atoms with van der Waals surface area (Å²) in [5.74, 6) is 1.66. The molecule has 0 saturated heterocycles. The van der Waals surface area contributed by atoms with Gasteiger partial charge in [-0.25, -0.2) is 9.97 Å². The Hall–Kier alpha value is -1.69. The van der Waals surface area contributed by atoms with Crippen molar-refractivity contribution in [1.82, 2.24) is 9.97 Å². The zero-order valence-electron chi connectivity index (χ0n) is 11.1. The van der Waals surface area contributed by atoms with Gasteiger partial charge in [0.1, 0.15) is 5.82 Å². The zero-order chi connectivity index (χ0) is 13.9.